The molecule has 1 fully saturated rings. The van der Waals surface area contributed by atoms with Gasteiger partial charge in [-0.15, -0.1) is 0 Å². The molecule has 8 heteroatoms. The smallest absolute Gasteiger partial charge is 0.368 e. The summed E-state index contributed by atoms with van der Waals surface area (Å²) < 4.78 is 38.9. The van der Waals surface area contributed by atoms with Crippen molar-refractivity contribution in [2.75, 3.05) is 36.0 Å². The number of nitriles is 1. The number of aromatic nitrogens is 2. The van der Waals surface area contributed by atoms with Crippen LogP contribution >= 0.6 is 0 Å². The van der Waals surface area contributed by atoms with Gasteiger partial charge >= 0.3 is 6.18 Å². The Balaban J connectivity index is 1.78. The third kappa shape index (κ3) is 3.40. The van der Waals surface area contributed by atoms with Gasteiger partial charge < -0.3 is 9.80 Å². The maximum atomic E-state index is 13.0. The summed E-state index contributed by atoms with van der Waals surface area (Å²) in [6.45, 7) is 2.26. The molecule has 1 aromatic carbocycles. The number of hydrogen-bond acceptors (Lipinski definition) is 5. The lowest BCUT2D eigenvalue weighted by Crippen LogP contribution is -2.47. The van der Waals surface area contributed by atoms with Gasteiger partial charge in [0.05, 0.1) is 17.2 Å². The molecule has 0 amide bonds. The molecule has 3 rings (SSSR count). The normalized spacial score (nSPS) is 15.2. The summed E-state index contributed by atoms with van der Waals surface area (Å²) in [6.07, 6.45) is -1.16. The summed E-state index contributed by atoms with van der Waals surface area (Å²) in [5.74, 6) is 0.610. The zero-order valence-electron chi connectivity index (χ0n) is 12.7. The summed E-state index contributed by atoms with van der Waals surface area (Å²) in [5.41, 5.74) is -0.381. The van der Waals surface area contributed by atoms with E-state index in [0.717, 1.165) is 12.1 Å². The minimum Gasteiger partial charge on any atom is -0.368 e. The van der Waals surface area contributed by atoms with E-state index in [4.69, 9.17) is 5.26 Å². The molecule has 2 aromatic rings. The molecular formula is C16H14F3N5. The van der Waals surface area contributed by atoms with Gasteiger partial charge in [-0.2, -0.15) is 18.4 Å². The highest BCUT2D eigenvalue weighted by Crippen LogP contribution is 2.33. The first-order valence-corrected chi connectivity index (χ1v) is 7.37. The largest absolute Gasteiger partial charge is 0.416 e. The Morgan fingerprint density at radius 3 is 2.17 bits per heavy atom. The molecule has 0 bridgehead atoms. The quantitative estimate of drug-likeness (QED) is 0.846. The summed E-state index contributed by atoms with van der Waals surface area (Å²) in [4.78, 5) is 12.2. The predicted molar refractivity (Wildman–Crippen MR) is 82.6 cm³/mol. The summed E-state index contributed by atoms with van der Waals surface area (Å²) >= 11 is 0. The third-order valence-electron chi connectivity index (χ3n) is 3.85. The van der Waals surface area contributed by atoms with Gasteiger partial charge in [0.25, 0.3) is 0 Å². The van der Waals surface area contributed by atoms with Gasteiger partial charge in [-0.25, -0.2) is 9.97 Å². The fourth-order valence-corrected chi connectivity index (χ4v) is 2.64. The Morgan fingerprint density at radius 1 is 0.958 bits per heavy atom. The van der Waals surface area contributed by atoms with E-state index in [2.05, 4.69) is 9.97 Å². The molecule has 0 unspecified atom stereocenters. The van der Waals surface area contributed by atoms with Crippen molar-refractivity contribution in [3.8, 4) is 6.07 Å². The first-order valence-electron chi connectivity index (χ1n) is 7.37. The van der Waals surface area contributed by atoms with Crippen molar-refractivity contribution in [2.45, 2.75) is 6.18 Å². The number of rotatable bonds is 2. The molecule has 0 atom stereocenters. The lowest BCUT2D eigenvalue weighted by molar-refractivity contribution is -0.137. The van der Waals surface area contributed by atoms with E-state index in [-0.39, 0.29) is 5.56 Å². The van der Waals surface area contributed by atoms with Gasteiger partial charge in [0, 0.05) is 44.3 Å². The van der Waals surface area contributed by atoms with Crippen LogP contribution in [0.25, 0.3) is 0 Å². The molecule has 0 radical (unpaired) electrons. The van der Waals surface area contributed by atoms with Crippen LogP contribution in [-0.4, -0.2) is 36.1 Å². The molecule has 24 heavy (non-hydrogen) atoms. The second-order valence-electron chi connectivity index (χ2n) is 5.40. The van der Waals surface area contributed by atoms with Crippen molar-refractivity contribution in [3.63, 3.8) is 0 Å². The predicted octanol–water partition coefficient (Wildman–Crippen LogP) is 2.69. The van der Waals surface area contributed by atoms with Crippen LogP contribution in [0.15, 0.2) is 36.7 Å². The van der Waals surface area contributed by atoms with Gasteiger partial charge in [0.15, 0.2) is 0 Å². The van der Waals surface area contributed by atoms with Crippen LogP contribution in [0.3, 0.4) is 0 Å². The van der Waals surface area contributed by atoms with E-state index in [1.54, 1.807) is 24.5 Å². The number of halogens is 3. The van der Waals surface area contributed by atoms with Crippen LogP contribution in [0.1, 0.15) is 11.1 Å². The average Bonchev–Trinajstić information content (AvgIpc) is 2.61. The molecule has 0 aliphatic carbocycles. The van der Waals surface area contributed by atoms with Crippen molar-refractivity contribution < 1.29 is 13.2 Å². The third-order valence-corrected chi connectivity index (χ3v) is 3.85. The number of anilines is 2. The minimum atomic E-state index is -4.47. The number of piperazine rings is 1. The standard InChI is InChI=1S/C16H14F3N5/c17-16(18,19)13-8-12(11-20)9-14(10-13)23-4-6-24(7-5-23)15-21-2-1-3-22-15/h1-3,8-10H,4-7H2. The Kier molecular flexibility index (Phi) is 4.25. The van der Waals surface area contributed by atoms with E-state index in [0.29, 0.717) is 37.8 Å². The van der Waals surface area contributed by atoms with Gasteiger partial charge in [-0.1, -0.05) is 0 Å². The van der Waals surface area contributed by atoms with E-state index in [1.807, 2.05) is 9.80 Å². The number of nitrogens with zero attached hydrogens (tertiary/aromatic N) is 5. The molecule has 1 aromatic heterocycles. The van der Waals surface area contributed by atoms with Crippen molar-refractivity contribution in [2.24, 2.45) is 0 Å². The van der Waals surface area contributed by atoms with Crippen molar-refractivity contribution in [1.82, 2.24) is 9.97 Å². The highest BCUT2D eigenvalue weighted by Gasteiger charge is 2.32. The molecular weight excluding hydrogens is 319 g/mol. The second-order valence-corrected chi connectivity index (χ2v) is 5.40. The lowest BCUT2D eigenvalue weighted by atomic mass is 10.1. The monoisotopic (exact) mass is 333 g/mol. The van der Waals surface area contributed by atoms with Crippen LogP contribution in [0.2, 0.25) is 0 Å². The first-order chi connectivity index (χ1) is 11.5. The van der Waals surface area contributed by atoms with Crippen molar-refractivity contribution in [3.05, 3.63) is 47.8 Å². The molecule has 2 heterocycles. The van der Waals surface area contributed by atoms with E-state index < -0.39 is 11.7 Å². The number of alkyl halides is 3. The fraction of sp³-hybridized carbons (Fsp3) is 0.312. The average molecular weight is 333 g/mol. The van der Waals surface area contributed by atoms with Gasteiger partial charge in [0.1, 0.15) is 0 Å². The van der Waals surface area contributed by atoms with E-state index in [9.17, 15) is 13.2 Å². The Morgan fingerprint density at radius 2 is 1.58 bits per heavy atom. The summed E-state index contributed by atoms with van der Waals surface area (Å²) in [7, 11) is 0. The van der Waals surface area contributed by atoms with Crippen molar-refractivity contribution in [1.29, 1.82) is 5.26 Å². The van der Waals surface area contributed by atoms with Crippen LogP contribution in [0, 0.1) is 11.3 Å². The second kappa shape index (κ2) is 6.35. The highest BCUT2D eigenvalue weighted by molar-refractivity contribution is 5.55. The van der Waals surface area contributed by atoms with Crippen molar-refractivity contribution >= 4 is 11.6 Å². The highest BCUT2D eigenvalue weighted by atomic mass is 19.4. The Labute approximate surface area is 137 Å². The number of benzene rings is 1. The molecule has 0 spiro atoms. The maximum absolute atomic E-state index is 13.0. The molecule has 124 valence electrons. The fourth-order valence-electron chi connectivity index (χ4n) is 2.64. The van der Waals surface area contributed by atoms with Crippen LogP contribution in [-0.2, 0) is 6.18 Å². The Bertz CT molecular complexity index is 747. The first kappa shape index (κ1) is 16.1. The molecule has 1 saturated heterocycles. The maximum Gasteiger partial charge on any atom is 0.416 e. The number of hydrogen-bond donors (Lipinski definition) is 0. The van der Waals surface area contributed by atoms with E-state index in [1.165, 1.54) is 6.07 Å². The zero-order valence-corrected chi connectivity index (χ0v) is 12.7. The molecule has 0 N–H and O–H groups in total. The topological polar surface area (TPSA) is 56.1 Å². The van der Waals surface area contributed by atoms with Gasteiger partial charge in [-0.05, 0) is 24.3 Å². The van der Waals surface area contributed by atoms with Gasteiger partial charge in [-0.3, -0.25) is 0 Å². The summed E-state index contributed by atoms with van der Waals surface area (Å²) in [6, 6.07) is 6.98. The zero-order chi connectivity index (χ0) is 17.2. The van der Waals surface area contributed by atoms with Crippen LogP contribution < -0.4 is 9.80 Å². The molecule has 1 aliphatic heterocycles. The summed E-state index contributed by atoms with van der Waals surface area (Å²) in [5, 5.41) is 8.98. The lowest BCUT2D eigenvalue weighted by Gasteiger charge is -2.36. The molecule has 1 aliphatic rings. The van der Waals surface area contributed by atoms with E-state index >= 15 is 0 Å². The SMILES string of the molecule is N#Cc1cc(N2CCN(c3ncccn3)CC2)cc(C(F)(F)F)c1. The van der Waals surface area contributed by atoms with Crippen LogP contribution in [0.4, 0.5) is 24.8 Å². The Hall–Kier alpha value is -2.82. The van der Waals surface area contributed by atoms with Gasteiger partial charge in [0.2, 0.25) is 5.95 Å². The molecule has 5 nitrogen and oxygen atoms in total. The van der Waals surface area contributed by atoms with Crippen LogP contribution in [0.5, 0.6) is 0 Å². The minimum absolute atomic E-state index is 0.00801. The molecule has 0 saturated carbocycles.